The van der Waals surface area contributed by atoms with Crippen molar-refractivity contribution in [3.05, 3.63) is 83.8 Å². The zero-order chi connectivity index (χ0) is 24.1. The van der Waals surface area contributed by atoms with Crippen molar-refractivity contribution in [1.29, 1.82) is 0 Å². The van der Waals surface area contributed by atoms with Gasteiger partial charge >= 0.3 is 6.18 Å². The lowest BCUT2D eigenvalue weighted by Crippen LogP contribution is -2.33. The quantitative estimate of drug-likeness (QED) is 0.476. The molecule has 0 unspecified atom stereocenters. The van der Waals surface area contributed by atoms with E-state index in [-0.39, 0.29) is 28.6 Å². The summed E-state index contributed by atoms with van der Waals surface area (Å²) in [5, 5.41) is 1.70. The molecule has 2 aromatic carbocycles. The summed E-state index contributed by atoms with van der Waals surface area (Å²) >= 11 is 0. The van der Waals surface area contributed by atoms with Gasteiger partial charge in [0.2, 0.25) is 15.9 Å². The molecule has 3 aromatic rings. The summed E-state index contributed by atoms with van der Waals surface area (Å²) in [6.07, 6.45) is -3.17. The Kier molecular flexibility index (Phi) is 7.29. The second-order valence-electron chi connectivity index (χ2n) is 6.71. The van der Waals surface area contributed by atoms with Gasteiger partial charge in [-0.2, -0.15) is 13.2 Å². The first kappa shape index (κ1) is 24.1. The van der Waals surface area contributed by atoms with Gasteiger partial charge in [-0.05, 0) is 42.0 Å². The molecule has 0 aliphatic heterocycles. The van der Waals surface area contributed by atoms with Crippen LogP contribution >= 0.6 is 0 Å². The molecule has 33 heavy (non-hydrogen) atoms. The minimum Gasteiger partial charge on any atom is -0.439 e. The van der Waals surface area contributed by atoms with Crippen LogP contribution in [-0.4, -0.2) is 32.0 Å². The average molecular weight is 483 g/mol. The van der Waals surface area contributed by atoms with E-state index in [0.717, 1.165) is 24.3 Å². The molecule has 2 N–H and O–H groups in total. The Morgan fingerprint density at radius 1 is 1.03 bits per heavy atom. The van der Waals surface area contributed by atoms with Crippen molar-refractivity contribution in [2.45, 2.75) is 17.6 Å². The summed E-state index contributed by atoms with van der Waals surface area (Å²) < 4.78 is 82.4. The Bertz CT molecular complexity index is 1220. The summed E-state index contributed by atoms with van der Waals surface area (Å²) in [4.78, 5) is 15.6. The predicted octanol–water partition coefficient (Wildman–Crippen LogP) is 3.78. The van der Waals surface area contributed by atoms with Gasteiger partial charge in [0.1, 0.15) is 18.1 Å². The van der Waals surface area contributed by atoms with E-state index in [1.54, 1.807) is 17.4 Å². The van der Waals surface area contributed by atoms with E-state index >= 15 is 0 Å². The zero-order valence-corrected chi connectivity index (χ0v) is 17.6. The fourth-order valence-corrected chi connectivity index (χ4v) is 3.57. The molecular formula is C21H17F4N3O4S. The molecule has 0 aliphatic carbocycles. The predicted molar refractivity (Wildman–Crippen MR) is 110 cm³/mol. The number of amides is 1. The third-order valence-electron chi connectivity index (χ3n) is 4.16. The highest BCUT2D eigenvalue weighted by Crippen LogP contribution is 2.20. The summed E-state index contributed by atoms with van der Waals surface area (Å²) in [5.41, 5.74) is 0.393. The van der Waals surface area contributed by atoms with E-state index in [1.165, 1.54) is 30.5 Å². The Morgan fingerprint density at radius 2 is 1.76 bits per heavy atom. The normalized spacial score (nSPS) is 11.8. The van der Waals surface area contributed by atoms with Gasteiger partial charge in [0.05, 0.1) is 4.90 Å². The molecule has 0 spiro atoms. The molecule has 1 heterocycles. The summed E-state index contributed by atoms with van der Waals surface area (Å²) in [7, 11) is -3.96. The highest BCUT2D eigenvalue weighted by atomic mass is 32.2. The molecule has 0 bridgehead atoms. The number of hydrogen-bond donors (Lipinski definition) is 2. The molecule has 1 aromatic heterocycles. The van der Waals surface area contributed by atoms with Crippen LogP contribution in [0.3, 0.4) is 0 Å². The van der Waals surface area contributed by atoms with Crippen molar-refractivity contribution < 1.29 is 35.5 Å². The minimum absolute atomic E-state index is 0.108. The van der Waals surface area contributed by atoms with Gasteiger partial charge in [0.15, 0.2) is 0 Å². The van der Waals surface area contributed by atoms with Gasteiger partial charge < -0.3 is 10.1 Å². The number of sulfonamides is 1. The van der Waals surface area contributed by atoms with Crippen LogP contribution in [0.25, 0.3) is 0 Å². The fourth-order valence-electron chi connectivity index (χ4n) is 2.56. The van der Waals surface area contributed by atoms with E-state index < -0.39 is 34.5 Å². The third-order valence-corrected chi connectivity index (χ3v) is 5.58. The fraction of sp³-hybridized carbons (Fsp3) is 0.143. The summed E-state index contributed by atoms with van der Waals surface area (Å²) in [6.45, 7) is -1.60. The van der Waals surface area contributed by atoms with Crippen molar-refractivity contribution >= 4 is 15.9 Å². The number of carbonyl (C=O) groups excluding carboxylic acids is 1. The maximum Gasteiger partial charge on any atom is 0.405 e. The molecule has 0 atom stereocenters. The van der Waals surface area contributed by atoms with Crippen LogP contribution in [0.5, 0.6) is 11.6 Å². The number of pyridine rings is 1. The Hall–Kier alpha value is -3.51. The SMILES string of the molecule is O=C(NCC(F)(F)F)c1ccc(S(=O)(=O)NCc2ccc(Oc3cccc(F)c3)nc2)cc1. The maximum absolute atomic E-state index is 13.2. The van der Waals surface area contributed by atoms with E-state index in [4.69, 9.17) is 4.74 Å². The second kappa shape index (κ2) is 9.96. The molecule has 7 nitrogen and oxygen atoms in total. The van der Waals surface area contributed by atoms with Gasteiger partial charge in [-0.25, -0.2) is 22.5 Å². The molecule has 0 radical (unpaired) electrons. The zero-order valence-electron chi connectivity index (χ0n) is 16.8. The van der Waals surface area contributed by atoms with Crippen molar-refractivity contribution in [3.8, 4) is 11.6 Å². The summed E-state index contributed by atoms with van der Waals surface area (Å²) in [5.74, 6) is -0.998. The van der Waals surface area contributed by atoms with Gasteiger partial charge in [0, 0.05) is 30.4 Å². The molecule has 0 fully saturated rings. The van der Waals surface area contributed by atoms with Crippen LogP contribution in [-0.2, 0) is 16.6 Å². The van der Waals surface area contributed by atoms with Crippen LogP contribution < -0.4 is 14.8 Å². The van der Waals surface area contributed by atoms with E-state index in [2.05, 4.69) is 9.71 Å². The van der Waals surface area contributed by atoms with Crippen LogP contribution in [0.2, 0.25) is 0 Å². The van der Waals surface area contributed by atoms with Gasteiger partial charge in [-0.3, -0.25) is 4.79 Å². The lowest BCUT2D eigenvalue weighted by Gasteiger charge is -2.10. The number of carbonyl (C=O) groups is 1. The van der Waals surface area contributed by atoms with Crippen LogP contribution in [0.1, 0.15) is 15.9 Å². The van der Waals surface area contributed by atoms with Crippen LogP contribution in [0.15, 0.2) is 71.8 Å². The number of halogens is 4. The first-order chi connectivity index (χ1) is 15.5. The first-order valence-corrected chi connectivity index (χ1v) is 10.8. The highest BCUT2D eigenvalue weighted by Gasteiger charge is 2.28. The standard InChI is InChI=1S/C21H17F4N3O4S/c22-16-2-1-3-17(10-16)32-19-9-4-14(11-26-19)12-28-33(30,31)18-7-5-15(6-8-18)20(29)27-13-21(23,24)25/h1-11,28H,12-13H2,(H,27,29). The largest absolute Gasteiger partial charge is 0.439 e. The number of alkyl halides is 3. The molecule has 0 saturated carbocycles. The van der Waals surface area contributed by atoms with E-state index in [9.17, 15) is 30.8 Å². The number of aromatic nitrogens is 1. The van der Waals surface area contributed by atoms with Crippen LogP contribution in [0, 0.1) is 5.82 Å². The number of benzene rings is 2. The topological polar surface area (TPSA) is 97.4 Å². The third kappa shape index (κ3) is 7.26. The van der Waals surface area contributed by atoms with Gasteiger partial charge in [-0.1, -0.05) is 12.1 Å². The number of hydrogen-bond acceptors (Lipinski definition) is 5. The monoisotopic (exact) mass is 483 g/mol. The highest BCUT2D eigenvalue weighted by molar-refractivity contribution is 7.89. The van der Waals surface area contributed by atoms with Gasteiger partial charge in [0.25, 0.3) is 5.91 Å². The summed E-state index contributed by atoms with van der Waals surface area (Å²) in [6, 6.07) is 13.0. The lowest BCUT2D eigenvalue weighted by atomic mass is 10.2. The molecule has 1 amide bonds. The Labute approximate surface area is 186 Å². The van der Waals surface area contributed by atoms with E-state index in [0.29, 0.717) is 5.56 Å². The molecule has 12 heteroatoms. The average Bonchev–Trinajstić information content (AvgIpc) is 2.77. The molecule has 0 aliphatic rings. The minimum atomic E-state index is -4.55. The first-order valence-electron chi connectivity index (χ1n) is 9.35. The number of nitrogens with one attached hydrogen (secondary N) is 2. The van der Waals surface area contributed by atoms with Crippen LogP contribution in [0.4, 0.5) is 17.6 Å². The van der Waals surface area contributed by atoms with E-state index in [1.807, 2.05) is 0 Å². The van der Waals surface area contributed by atoms with Crippen molar-refractivity contribution in [2.75, 3.05) is 6.54 Å². The van der Waals surface area contributed by atoms with Gasteiger partial charge in [-0.15, -0.1) is 0 Å². The molecule has 0 saturated heterocycles. The number of rotatable bonds is 8. The lowest BCUT2D eigenvalue weighted by molar-refractivity contribution is -0.123. The Morgan fingerprint density at radius 3 is 2.36 bits per heavy atom. The number of nitrogens with zero attached hydrogens (tertiary/aromatic N) is 1. The van der Waals surface area contributed by atoms with Crippen molar-refractivity contribution in [2.24, 2.45) is 0 Å². The Balaban J connectivity index is 1.57. The van der Waals surface area contributed by atoms with Crippen molar-refractivity contribution in [3.63, 3.8) is 0 Å². The maximum atomic E-state index is 13.2. The molecule has 174 valence electrons. The molecular weight excluding hydrogens is 466 g/mol. The smallest absolute Gasteiger partial charge is 0.405 e. The van der Waals surface area contributed by atoms with Crippen molar-refractivity contribution in [1.82, 2.24) is 15.0 Å². The second-order valence-corrected chi connectivity index (χ2v) is 8.48. The number of ether oxygens (including phenoxy) is 1. The molecule has 3 rings (SSSR count).